The van der Waals surface area contributed by atoms with Crippen LogP contribution in [0.3, 0.4) is 0 Å². The quantitative estimate of drug-likeness (QED) is 0.728. The van der Waals surface area contributed by atoms with E-state index in [9.17, 15) is 22.4 Å². The van der Waals surface area contributed by atoms with Gasteiger partial charge in [-0.25, -0.2) is 8.78 Å². The summed E-state index contributed by atoms with van der Waals surface area (Å²) in [6.45, 7) is 3.61. The second kappa shape index (κ2) is 6.33. The summed E-state index contributed by atoms with van der Waals surface area (Å²) < 4.78 is 48.9. The van der Waals surface area contributed by atoms with Crippen LogP contribution in [0.2, 0.25) is 0 Å². The molecule has 0 spiro atoms. The normalized spacial score (nSPS) is 19.2. The molecule has 0 aliphatic carbocycles. The number of nitrogens with one attached hydrogen (secondary N) is 1. The standard InChI is InChI=1S/C10H17F4N3O/c1-16-4-6-17(7-5-16)3-2-15-9(18)10(13,14)8(11)12/h8H,2-7H2,1H3,(H,15,18). The van der Waals surface area contributed by atoms with Gasteiger partial charge in [-0.15, -0.1) is 0 Å². The van der Waals surface area contributed by atoms with E-state index in [1.54, 1.807) is 0 Å². The summed E-state index contributed by atoms with van der Waals surface area (Å²) in [7, 11) is 1.97. The number of carbonyl (C=O) groups is 1. The zero-order valence-electron chi connectivity index (χ0n) is 10.1. The van der Waals surface area contributed by atoms with Crippen LogP contribution in [0, 0.1) is 0 Å². The van der Waals surface area contributed by atoms with E-state index in [4.69, 9.17) is 0 Å². The van der Waals surface area contributed by atoms with Gasteiger partial charge in [0.05, 0.1) is 0 Å². The number of nitrogens with zero attached hydrogens (tertiary/aromatic N) is 2. The first-order valence-corrected chi connectivity index (χ1v) is 5.69. The average molecular weight is 271 g/mol. The van der Waals surface area contributed by atoms with Crippen molar-refractivity contribution in [3.8, 4) is 0 Å². The molecule has 4 nitrogen and oxygen atoms in total. The van der Waals surface area contributed by atoms with E-state index < -0.39 is 18.3 Å². The Bertz CT molecular complexity index is 280. The van der Waals surface area contributed by atoms with E-state index >= 15 is 0 Å². The molecule has 1 heterocycles. The van der Waals surface area contributed by atoms with Gasteiger partial charge in [0.15, 0.2) is 0 Å². The van der Waals surface area contributed by atoms with Crippen LogP contribution in [0.4, 0.5) is 17.6 Å². The van der Waals surface area contributed by atoms with Crippen molar-refractivity contribution < 1.29 is 22.4 Å². The van der Waals surface area contributed by atoms with Gasteiger partial charge in [-0.3, -0.25) is 9.69 Å². The van der Waals surface area contributed by atoms with Crippen molar-refractivity contribution in [2.75, 3.05) is 46.3 Å². The predicted molar refractivity (Wildman–Crippen MR) is 57.9 cm³/mol. The number of hydrogen-bond donors (Lipinski definition) is 1. The Balaban J connectivity index is 2.23. The molecule has 0 aromatic carbocycles. The highest BCUT2D eigenvalue weighted by atomic mass is 19.3. The van der Waals surface area contributed by atoms with Gasteiger partial charge in [0, 0.05) is 39.3 Å². The molecule has 1 aliphatic rings. The maximum absolute atomic E-state index is 12.6. The molecule has 8 heteroatoms. The summed E-state index contributed by atoms with van der Waals surface area (Å²) in [5.41, 5.74) is 0. The minimum atomic E-state index is -4.61. The highest BCUT2D eigenvalue weighted by Gasteiger charge is 2.48. The van der Waals surface area contributed by atoms with Gasteiger partial charge < -0.3 is 10.2 Å². The first-order valence-electron chi connectivity index (χ1n) is 5.69. The molecule has 106 valence electrons. The van der Waals surface area contributed by atoms with E-state index in [1.807, 2.05) is 17.3 Å². The van der Waals surface area contributed by atoms with Crippen LogP contribution in [0.25, 0.3) is 0 Å². The van der Waals surface area contributed by atoms with Gasteiger partial charge in [0.1, 0.15) is 0 Å². The topological polar surface area (TPSA) is 35.6 Å². The largest absolute Gasteiger partial charge is 0.383 e. The lowest BCUT2D eigenvalue weighted by Gasteiger charge is -2.32. The van der Waals surface area contributed by atoms with Crippen molar-refractivity contribution in [3.63, 3.8) is 0 Å². The Morgan fingerprint density at radius 2 is 1.83 bits per heavy atom. The molecule has 1 rings (SSSR count). The van der Waals surface area contributed by atoms with Crippen LogP contribution in [0.1, 0.15) is 0 Å². The molecule has 1 fully saturated rings. The molecular weight excluding hydrogens is 254 g/mol. The fourth-order valence-corrected chi connectivity index (χ4v) is 1.62. The maximum atomic E-state index is 12.6. The Hall–Kier alpha value is -0.890. The van der Waals surface area contributed by atoms with Crippen molar-refractivity contribution >= 4 is 5.91 Å². The van der Waals surface area contributed by atoms with Gasteiger partial charge in [0.25, 0.3) is 5.91 Å². The molecule has 0 radical (unpaired) electrons. The summed E-state index contributed by atoms with van der Waals surface area (Å²) in [6, 6.07) is 0. The lowest BCUT2D eigenvalue weighted by molar-refractivity contribution is -0.169. The molecule has 0 atom stereocenters. The maximum Gasteiger partial charge on any atom is 0.383 e. The fraction of sp³-hybridized carbons (Fsp3) is 0.900. The first kappa shape index (κ1) is 15.2. The van der Waals surface area contributed by atoms with Crippen molar-refractivity contribution in [2.45, 2.75) is 12.3 Å². The SMILES string of the molecule is CN1CCN(CCNC(=O)C(F)(F)C(F)F)CC1. The zero-order valence-corrected chi connectivity index (χ0v) is 10.1. The van der Waals surface area contributed by atoms with E-state index in [2.05, 4.69) is 4.90 Å². The van der Waals surface area contributed by atoms with Crippen LogP contribution >= 0.6 is 0 Å². The number of alkyl halides is 4. The molecule has 0 saturated carbocycles. The number of halogens is 4. The molecule has 1 saturated heterocycles. The van der Waals surface area contributed by atoms with Crippen LogP contribution in [-0.2, 0) is 4.79 Å². The summed E-state index contributed by atoms with van der Waals surface area (Å²) in [6.07, 6.45) is -3.97. The first-order chi connectivity index (χ1) is 8.34. The van der Waals surface area contributed by atoms with Gasteiger partial charge in [0.2, 0.25) is 0 Å². The average Bonchev–Trinajstić information content (AvgIpc) is 2.31. The number of rotatable bonds is 5. The van der Waals surface area contributed by atoms with Crippen molar-refractivity contribution in [1.29, 1.82) is 0 Å². The third-order valence-corrected chi connectivity index (χ3v) is 2.89. The van der Waals surface area contributed by atoms with E-state index in [0.717, 1.165) is 26.2 Å². The lowest BCUT2D eigenvalue weighted by Crippen LogP contribution is -2.50. The molecule has 0 unspecified atom stereocenters. The Kier molecular flexibility index (Phi) is 5.33. The van der Waals surface area contributed by atoms with E-state index in [0.29, 0.717) is 6.54 Å². The van der Waals surface area contributed by atoms with E-state index in [1.165, 1.54) is 0 Å². The predicted octanol–water partition coefficient (Wildman–Crippen LogP) is 0.250. The van der Waals surface area contributed by atoms with Crippen LogP contribution in [0.5, 0.6) is 0 Å². The Morgan fingerprint density at radius 3 is 2.33 bits per heavy atom. The fourth-order valence-electron chi connectivity index (χ4n) is 1.62. The minimum Gasteiger partial charge on any atom is -0.349 e. The monoisotopic (exact) mass is 271 g/mol. The third kappa shape index (κ3) is 4.09. The van der Waals surface area contributed by atoms with Crippen LogP contribution in [-0.4, -0.2) is 74.4 Å². The van der Waals surface area contributed by atoms with Crippen molar-refractivity contribution in [3.05, 3.63) is 0 Å². The number of carbonyl (C=O) groups excluding carboxylic acids is 1. The molecule has 1 amide bonds. The second-order valence-corrected chi connectivity index (χ2v) is 4.32. The molecule has 1 N–H and O–H groups in total. The molecular formula is C10H17F4N3O. The molecule has 0 aromatic rings. The molecule has 0 aromatic heterocycles. The van der Waals surface area contributed by atoms with E-state index in [-0.39, 0.29) is 6.54 Å². The lowest BCUT2D eigenvalue weighted by atomic mass is 10.3. The van der Waals surface area contributed by atoms with Gasteiger partial charge >= 0.3 is 12.3 Å². The summed E-state index contributed by atoms with van der Waals surface area (Å²) >= 11 is 0. The van der Waals surface area contributed by atoms with Crippen molar-refractivity contribution in [2.24, 2.45) is 0 Å². The number of likely N-dealkylation sites (N-methyl/N-ethyl adjacent to an activating group) is 1. The molecule has 1 aliphatic heterocycles. The van der Waals surface area contributed by atoms with Gasteiger partial charge in [-0.05, 0) is 7.05 Å². The number of hydrogen-bond acceptors (Lipinski definition) is 3. The highest BCUT2D eigenvalue weighted by molar-refractivity contribution is 5.83. The van der Waals surface area contributed by atoms with Gasteiger partial charge in [-0.2, -0.15) is 8.78 Å². The minimum absolute atomic E-state index is 0.0507. The second-order valence-electron chi connectivity index (χ2n) is 4.32. The Labute approximate surface area is 103 Å². The summed E-state index contributed by atoms with van der Waals surface area (Å²) in [4.78, 5) is 14.9. The highest BCUT2D eigenvalue weighted by Crippen LogP contribution is 2.22. The summed E-state index contributed by atoms with van der Waals surface area (Å²) in [5.74, 6) is -6.52. The van der Waals surface area contributed by atoms with Crippen LogP contribution < -0.4 is 5.32 Å². The zero-order chi connectivity index (χ0) is 13.8. The number of amides is 1. The third-order valence-electron chi connectivity index (χ3n) is 2.89. The Morgan fingerprint density at radius 1 is 1.28 bits per heavy atom. The molecule has 0 bridgehead atoms. The number of piperazine rings is 1. The summed E-state index contributed by atoms with van der Waals surface area (Å²) in [5, 5.41) is 1.84. The van der Waals surface area contributed by atoms with Crippen molar-refractivity contribution in [1.82, 2.24) is 15.1 Å². The molecule has 18 heavy (non-hydrogen) atoms. The van der Waals surface area contributed by atoms with Gasteiger partial charge in [-0.1, -0.05) is 0 Å². The van der Waals surface area contributed by atoms with Crippen LogP contribution in [0.15, 0.2) is 0 Å². The smallest absolute Gasteiger partial charge is 0.349 e.